The van der Waals surface area contributed by atoms with E-state index in [1.165, 1.54) is 11.0 Å². The van der Waals surface area contributed by atoms with Gasteiger partial charge in [-0.25, -0.2) is 0 Å². The second kappa shape index (κ2) is 7.49. The number of amides is 1. The first-order valence-corrected chi connectivity index (χ1v) is 7.53. The second-order valence-corrected chi connectivity index (χ2v) is 5.72. The average molecular weight is 338 g/mol. The lowest BCUT2D eigenvalue weighted by atomic mass is 9.91. The monoisotopic (exact) mass is 338 g/mol. The van der Waals surface area contributed by atoms with Crippen molar-refractivity contribution in [2.75, 3.05) is 13.1 Å². The molecule has 4 nitrogen and oxygen atoms in total. The zero-order chi connectivity index (χ0) is 17.7. The van der Waals surface area contributed by atoms with Crippen molar-refractivity contribution in [3.8, 4) is 6.07 Å². The Hall–Kier alpha value is -2.33. The number of benzene rings is 1. The first kappa shape index (κ1) is 18.0. The molecule has 1 atom stereocenters. The molecule has 0 radical (unpaired) electrons. The topological polar surface area (TPSA) is 64.3 Å². The van der Waals surface area contributed by atoms with E-state index in [1.54, 1.807) is 30.3 Å². The molecule has 0 saturated carbocycles. The molecule has 1 heterocycles. The average Bonchev–Trinajstić information content (AvgIpc) is 2.58. The van der Waals surface area contributed by atoms with Crippen LogP contribution < -0.4 is 0 Å². The Morgan fingerprint density at radius 2 is 2.04 bits per heavy atom. The Labute approximate surface area is 137 Å². The molecule has 0 aromatic heterocycles. The number of halogens is 3. The summed E-state index contributed by atoms with van der Waals surface area (Å²) in [5.41, 5.74) is 1.18. The van der Waals surface area contributed by atoms with Gasteiger partial charge in [-0.2, -0.15) is 18.4 Å². The van der Waals surface area contributed by atoms with Crippen molar-refractivity contribution in [1.29, 1.82) is 5.26 Å². The Bertz CT molecular complexity index is 657. The fraction of sp³-hybridized carbons (Fsp3) is 0.412. The van der Waals surface area contributed by atoms with Crippen LogP contribution in [0.25, 0.3) is 6.08 Å². The number of nitrogens with zero attached hydrogens (tertiary/aromatic N) is 2. The maximum absolute atomic E-state index is 12.5. The van der Waals surface area contributed by atoms with E-state index >= 15 is 0 Å². The molecule has 1 aliphatic rings. The fourth-order valence-electron chi connectivity index (χ4n) is 2.69. The van der Waals surface area contributed by atoms with Crippen molar-refractivity contribution in [2.45, 2.75) is 25.1 Å². The van der Waals surface area contributed by atoms with Crippen LogP contribution in [-0.2, 0) is 4.79 Å². The van der Waals surface area contributed by atoms with Crippen LogP contribution in [0.3, 0.4) is 0 Å². The van der Waals surface area contributed by atoms with E-state index in [-0.39, 0.29) is 31.8 Å². The molecule has 1 saturated heterocycles. The molecule has 0 aliphatic carbocycles. The minimum atomic E-state index is -4.62. The molecule has 1 amide bonds. The number of likely N-dealkylation sites (tertiary alicyclic amines) is 1. The molecule has 1 N–H and O–H groups in total. The zero-order valence-corrected chi connectivity index (χ0v) is 12.8. The summed E-state index contributed by atoms with van der Waals surface area (Å²) in [4.78, 5) is 13.6. The van der Waals surface area contributed by atoms with Gasteiger partial charge in [-0.1, -0.05) is 12.1 Å². The van der Waals surface area contributed by atoms with Gasteiger partial charge in [0.05, 0.1) is 11.6 Å². The molecule has 1 aromatic rings. The van der Waals surface area contributed by atoms with Crippen LogP contribution in [0.5, 0.6) is 0 Å². The summed E-state index contributed by atoms with van der Waals surface area (Å²) in [6, 6.07) is 8.73. The van der Waals surface area contributed by atoms with Gasteiger partial charge in [-0.3, -0.25) is 4.79 Å². The lowest BCUT2D eigenvalue weighted by Crippen LogP contribution is -2.44. The van der Waals surface area contributed by atoms with Crippen LogP contribution >= 0.6 is 0 Å². The highest BCUT2D eigenvalue weighted by Crippen LogP contribution is 2.31. The largest absolute Gasteiger partial charge is 0.414 e. The van der Waals surface area contributed by atoms with E-state index in [0.29, 0.717) is 11.1 Å². The number of piperidine rings is 1. The summed E-state index contributed by atoms with van der Waals surface area (Å²) < 4.78 is 37.5. The minimum Gasteiger partial charge on any atom is -0.383 e. The molecule has 24 heavy (non-hydrogen) atoms. The smallest absolute Gasteiger partial charge is 0.383 e. The number of aliphatic hydroxyl groups is 1. The van der Waals surface area contributed by atoms with E-state index in [0.717, 1.165) is 0 Å². The summed E-state index contributed by atoms with van der Waals surface area (Å²) in [5.74, 6) is -1.16. The van der Waals surface area contributed by atoms with Crippen LogP contribution in [0.1, 0.15) is 24.0 Å². The third kappa shape index (κ3) is 4.59. The number of hydrogen-bond donors (Lipinski definition) is 1. The Balaban J connectivity index is 1.91. The van der Waals surface area contributed by atoms with Gasteiger partial charge < -0.3 is 10.0 Å². The van der Waals surface area contributed by atoms with E-state index in [2.05, 4.69) is 0 Å². The fourth-order valence-corrected chi connectivity index (χ4v) is 2.69. The van der Waals surface area contributed by atoms with Crippen LogP contribution in [0, 0.1) is 17.2 Å². The van der Waals surface area contributed by atoms with Gasteiger partial charge in [0.25, 0.3) is 0 Å². The van der Waals surface area contributed by atoms with Crippen LogP contribution in [-0.4, -0.2) is 41.3 Å². The number of carbonyl (C=O) groups is 1. The number of rotatable bonds is 3. The zero-order valence-electron chi connectivity index (χ0n) is 12.8. The van der Waals surface area contributed by atoms with Crippen LogP contribution in [0.4, 0.5) is 13.2 Å². The maximum atomic E-state index is 12.5. The SMILES string of the molecule is N#Cc1cccc(/C=C/C(=O)N2CCC(C(O)C(F)(F)F)CC2)c1. The molecule has 1 aromatic carbocycles. The summed E-state index contributed by atoms with van der Waals surface area (Å²) in [7, 11) is 0. The molecule has 1 fully saturated rings. The van der Waals surface area contributed by atoms with Gasteiger partial charge in [0.15, 0.2) is 6.10 Å². The third-order valence-corrected chi connectivity index (χ3v) is 4.07. The highest BCUT2D eigenvalue weighted by molar-refractivity contribution is 5.91. The summed E-state index contributed by atoms with van der Waals surface area (Å²) in [6.07, 6.45) is -3.81. The molecular formula is C17H17F3N2O2. The standard InChI is InChI=1S/C17H17F3N2O2/c18-17(19,20)16(24)14-6-8-22(9-7-14)15(23)5-4-12-2-1-3-13(10-12)11-21/h1-5,10,14,16,24H,6-9H2/b5-4+. The predicted molar refractivity (Wildman–Crippen MR) is 81.6 cm³/mol. The van der Waals surface area contributed by atoms with Crippen molar-refractivity contribution >= 4 is 12.0 Å². The van der Waals surface area contributed by atoms with E-state index < -0.39 is 18.2 Å². The highest BCUT2D eigenvalue weighted by atomic mass is 19.4. The molecular weight excluding hydrogens is 321 g/mol. The van der Waals surface area contributed by atoms with Gasteiger partial charge in [0, 0.05) is 19.2 Å². The Morgan fingerprint density at radius 3 is 2.62 bits per heavy atom. The Morgan fingerprint density at radius 1 is 1.38 bits per heavy atom. The minimum absolute atomic E-state index is 0.115. The van der Waals surface area contributed by atoms with Gasteiger partial charge in [-0.05, 0) is 42.5 Å². The van der Waals surface area contributed by atoms with E-state index in [9.17, 15) is 23.1 Å². The van der Waals surface area contributed by atoms with E-state index in [4.69, 9.17) is 5.26 Å². The number of carbonyl (C=O) groups excluding carboxylic acids is 1. The van der Waals surface area contributed by atoms with Crippen LogP contribution in [0.2, 0.25) is 0 Å². The quantitative estimate of drug-likeness (QED) is 0.862. The first-order valence-electron chi connectivity index (χ1n) is 7.53. The molecule has 1 aliphatic heterocycles. The van der Waals surface area contributed by atoms with Gasteiger partial charge in [-0.15, -0.1) is 0 Å². The summed E-state index contributed by atoms with van der Waals surface area (Å²) in [5, 5.41) is 18.1. The summed E-state index contributed by atoms with van der Waals surface area (Å²) in [6.45, 7) is 0.360. The Kier molecular flexibility index (Phi) is 5.62. The molecule has 0 bridgehead atoms. The third-order valence-electron chi connectivity index (χ3n) is 4.07. The van der Waals surface area contributed by atoms with Crippen LogP contribution in [0.15, 0.2) is 30.3 Å². The maximum Gasteiger partial charge on any atom is 0.414 e. The van der Waals surface area contributed by atoms with Crippen molar-refractivity contribution in [3.63, 3.8) is 0 Å². The first-order chi connectivity index (χ1) is 11.3. The second-order valence-electron chi connectivity index (χ2n) is 5.72. The van der Waals surface area contributed by atoms with Gasteiger partial charge in [0.1, 0.15) is 0 Å². The normalized spacial score (nSPS) is 17.7. The van der Waals surface area contributed by atoms with Gasteiger partial charge in [0.2, 0.25) is 5.91 Å². The number of nitriles is 1. The lowest BCUT2D eigenvalue weighted by Gasteiger charge is -2.34. The van der Waals surface area contributed by atoms with Crippen molar-refractivity contribution in [2.24, 2.45) is 5.92 Å². The van der Waals surface area contributed by atoms with Crippen molar-refractivity contribution in [3.05, 3.63) is 41.5 Å². The van der Waals surface area contributed by atoms with Gasteiger partial charge >= 0.3 is 6.18 Å². The molecule has 0 spiro atoms. The predicted octanol–water partition coefficient (Wildman–Crippen LogP) is 2.73. The molecule has 128 valence electrons. The number of hydrogen-bond acceptors (Lipinski definition) is 3. The molecule has 7 heteroatoms. The lowest BCUT2D eigenvalue weighted by molar-refractivity contribution is -0.222. The van der Waals surface area contributed by atoms with E-state index in [1.807, 2.05) is 6.07 Å². The number of alkyl halides is 3. The van der Waals surface area contributed by atoms with Crippen molar-refractivity contribution < 1.29 is 23.1 Å². The number of aliphatic hydroxyl groups excluding tert-OH is 1. The van der Waals surface area contributed by atoms with Crippen molar-refractivity contribution in [1.82, 2.24) is 4.90 Å². The highest BCUT2D eigenvalue weighted by Gasteiger charge is 2.44. The molecule has 2 rings (SSSR count). The molecule has 1 unspecified atom stereocenters. The summed E-state index contributed by atoms with van der Waals surface area (Å²) >= 11 is 0.